The molecule has 0 bridgehead atoms. The summed E-state index contributed by atoms with van der Waals surface area (Å²) in [5.41, 5.74) is 4.60. The number of benzene rings is 2. The lowest BCUT2D eigenvalue weighted by atomic mass is 10.0. The van der Waals surface area contributed by atoms with Crippen molar-refractivity contribution in [2.24, 2.45) is 5.92 Å². The molecule has 4 heteroatoms. The quantitative estimate of drug-likeness (QED) is 0.826. The Hall–Kier alpha value is -2.88. The number of rotatable bonds is 5. The van der Waals surface area contributed by atoms with E-state index in [4.69, 9.17) is 0 Å². The van der Waals surface area contributed by atoms with Gasteiger partial charge in [0.25, 0.3) is 11.8 Å². The Bertz CT molecular complexity index is 882. The molecule has 0 saturated carbocycles. The van der Waals surface area contributed by atoms with Gasteiger partial charge in [-0.2, -0.15) is 0 Å². The molecule has 2 amide bonds. The third-order valence-corrected chi connectivity index (χ3v) is 4.64. The second-order valence-electron chi connectivity index (χ2n) is 7.10. The molecule has 0 saturated heterocycles. The summed E-state index contributed by atoms with van der Waals surface area (Å²) in [5, 5.41) is 3.25. The molecule has 26 heavy (non-hydrogen) atoms. The molecule has 0 unspecified atom stereocenters. The van der Waals surface area contributed by atoms with Crippen LogP contribution in [-0.2, 0) is 9.59 Å². The van der Waals surface area contributed by atoms with E-state index in [9.17, 15) is 9.59 Å². The van der Waals surface area contributed by atoms with E-state index in [0.717, 1.165) is 22.4 Å². The van der Waals surface area contributed by atoms with E-state index in [1.807, 2.05) is 76.2 Å². The van der Waals surface area contributed by atoms with Crippen molar-refractivity contribution < 1.29 is 9.59 Å². The molecule has 2 aromatic carbocycles. The largest absolute Gasteiger partial charge is 0.350 e. The highest BCUT2D eigenvalue weighted by molar-refractivity contribution is 6.36. The van der Waals surface area contributed by atoms with E-state index in [0.29, 0.717) is 17.8 Å². The summed E-state index contributed by atoms with van der Waals surface area (Å²) < 4.78 is 0. The van der Waals surface area contributed by atoms with Crippen LogP contribution in [0.5, 0.6) is 0 Å². The van der Waals surface area contributed by atoms with Crippen molar-refractivity contribution in [3.05, 3.63) is 70.9 Å². The highest BCUT2D eigenvalue weighted by Crippen LogP contribution is 2.32. The van der Waals surface area contributed by atoms with Crippen LogP contribution in [0.3, 0.4) is 0 Å². The summed E-state index contributed by atoms with van der Waals surface area (Å²) in [6, 6.07) is 15.3. The maximum atomic E-state index is 13.0. The van der Waals surface area contributed by atoms with Crippen LogP contribution in [0.15, 0.2) is 54.2 Å². The molecule has 2 aromatic rings. The van der Waals surface area contributed by atoms with Gasteiger partial charge in [0.1, 0.15) is 5.70 Å². The number of hydrogen-bond acceptors (Lipinski definition) is 3. The zero-order valence-electron chi connectivity index (χ0n) is 15.7. The van der Waals surface area contributed by atoms with E-state index < -0.39 is 0 Å². The predicted molar refractivity (Wildman–Crippen MR) is 104 cm³/mol. The van der Waals surface area contributed by atoms with Crippen LogP contribution >= 0.6 is 0 Å². The molecule has 4 nitrogen and oxygen atoms in total. The van der Waals surface area contributed by atoms with E-state index in [1.54, 1.807) is 0 Å². The minimum atomic E-state index is -0.261. The highest BCUT2D eigenvalue weighted by atomic mass is 16.2. The summed E-state index contributed by atoms with van der Waals surface area (Å²) in [4.78, 5) is 27.4. The summed E-state index contributed by atoms with van der Waals surface area (Å²) in [5.74, 6) is -0.286. The fraction of sp³-hybridized carbons (Fsp3) is 0.273. The van der Waals surface area contributed by atoms with E-state index >= 15 is 0 Å². The lowest BCUT2D eigenvalue weighted by molar-refractivity contribution is -0.137. The monoisotopic (exact) mass is 348 g/mol. The Morgan fingerprint density at radius 3 is 2.27 bits per heavy atom. The molecule has 134 valence electrons. The van der Waals surface area contributed by atoms with Gasteiger partial charge >= 0.3 is 0 Å². The average molecular weight is 348 g/mol. The second kappa shape index (κ2) is 7.16. The molecule has 0 fully saturated rings. The second-order valence-corrected chi connectivity index (χ2v) is 7.10. The van der Waals surface area contributed by atoms with Crippen LogP contribution in [0.4, 0.5) is 5.69 Å². The van der Waals surface area contributed by atoms with Crippen molar-refractivity contribution in [1.82, 2.24) is 4.90 Å². The number of anilines is 1. The first-order chi connectivity index (χ1) is 12.4. The van der Waals surface area contributed by atoms with Crippen LogP contribution in [0.1, 0.15) is 30.5 Å². The molecule has 0 aliphatic carbocycles. The third kappa shape index (κ3) is 3.27. The zero-order chi connectivity index (χ0) is 18.8. The first-order valence-electron chi connectivity index (χ1n) is 8.89. The van der Waals surface area contributed by atoms with Crippen molar-refractivity contribution in [3.63, 3.8) is 0 Å². The summed E-state index contributed by atoms with van der Waals surface area (Å²) in [6.07, 6.45) is 0. The Morgan fingerprint density at radius 1 is 0.923 bits per heavy atom. The Morgan fingerprint density at radius 2 is 1.62 bits per heavy atom. The molecule has 1 aliphatic heterocycles. The van der Waals surface area contributed by atoms with Crippen molar-refractivity contribution >= 4 is 23.1 Å². The van der Waals surface area contributed by atoms with Crippen molar-refractivity contribution in [2.75, 3.05) is 11.9 Å². The third-order valence-electron chi connectivity index (χ3n) is 4.64. The minimum absolute atomic E-state index is 0.208. The molecular weight excluding hydrogens is 324 g/mol. The standard InChI is InChI=1S/C22H24N2O2/c1-14(2)13-24-21(25)19(17-10-6-5-7-11-17)20(22(24)26)23-18-12-8-9-15(3)16(18)4/h5-12,14,23H,13H2,1-4H3. The van der Waals surface area contributed by atoms with Gasteiger partial charge in [0, 0.05) is 12.2 Å². The predicted octanol–water partition coefficient (Wildman–Crippen LogP) is 4.15. The number of aryl methyl sites for hydroxylation is 1. The van der Waals surface area contributed by atoms with Crippen molar-refractivity contribution in [3.8, 4) is 0 Å². The molecule has 1 heterocycles. The lowest BCUT2D eigenvalue weighted by Crippen LogP contribution is -2.35. The fourth-order valence-electron chi connectivity index (χ4n) is 3.12. The molecule has 0 radical (unpaired) electrons. The van der Waals surface area contributed by atoms with E-state index in [-0.39, 0.29) is 17.7 Å². The number of carbonyl (C=O) groups is 2. The van der Waals surface area contributed by atoms with Gasteiger partial charge < -0.3 is 5.32 Å². The maximum absolute atomic E-state index is 13.0. The van der Waals surface area contributed by atoms with Crippen LogP contribution in [0.2, 0.25) is 0 Å². The van der Waals surface area contributed by atoms with Gasteiger partial charge in [0.2, 0.25) is 0 Å². The number of nitrogens with one attached hydrogen (secondary N) is 1. The van der Waals surface area contributed by atoms with Gasteiger partial charge in [-0.05, 0) is 42.5 Å². The van der Waals surface area contributed by atoms with Crippen molar-refractivity contribution in [2.45, 2.75) is 27.7 Å². The zero-order valence-corrected chi connectivity index (χ0v) is 15.7. The first kappa shape index (κ1) is 17.9. The SMILES string of the molecule is Cc1cccc(NC2=C(c3ccccc3)C(=O)N(CC(C)C)C2=O)c1C. The Balaban J connectivity index is 2.09. The number of amides is 2. The summed E-state index contributed by atoms with van der Waals surface area (Å²) in [7, 11) is 0. The number of imide groups is 1. The van der Waals surface area contributed by atoms with Gasteiger partial charge in [-0.3, -0.25) is 14.5 Å². The maximum Gasteiger partial charge on any atom is 0.278 e. The van der Waals surface area contributed by atoms with Crippen LogP contribution in [-0.4, -0.2) is 23.3 Å². The normalized spacial score (nSPS) is 14.6. The summed E-state index contributed by atoms with van der Waals surface area (Å²) >= 11 is 0. The first-order valence-corrected chi connectivity index (χ1v) is 8.89. The molecule has 0 atom stereocenters. The minimum Gasteiger partial charge on any atom is -0.350 e. The number of carbonyl (C=O) groups excluding carboxylic acids is 2. The topological polar surface area (TPSA) is 49.4 Å². The van der Waals surface area contributed by atoms with Crippen molar-refractivity contribution in [1.29, 1.82) is 0 Å². The lowest BCUT2D eigenvalue weighted by Gasteiger charge is -2.17. The Labute approximate surface area is 154 Å². The molecular formula is C22H24N2O2. The highest BCUT2D eigenvalue weighted by Gasteiger charge is 2.39. The number of hydrogen-bond donors (Lipinski definition) is 1. The Kier molecular flexibility index (Phi) is 4.94. The van der Waals surface area contributed by atoms with Gasteiger partial charge in [-0.1, -0.05) is 56.3 Å². The van der Waals surface area contributed by atoms with Gasteiger partial charge in [0.05, 0.1) is 5.57 Å². The number of nitrogens with zero attached hydrogens (tertiary/aromatic N) is 1. The van der Waals surface area contributed by atoms with Gasteiger partial charge in [-0.15, -0.1) is 0 Å². The smallest absolute Gasteiger partial charge is 0.278 e. The fourth-order valence-corrected chi connectivity index (χ4v) is 3.12. The average Bonchev–Trinajstić information content (AvgIpc) is 2.84. The summed E-state index contributed by atoms with van der Waals surface area (Å²) in [6.45, 7) is 8.44. The molecule has 1 aliphatic rings. The van der Waals surface area contributed by atoms with Crippen LogP contribution in [0, 0.1) is 19.8 Å². The van der Waals surface area contributed by atoms with E-state index in [1.165, 1.54) is 4.90 Å². The molecule has 0 spiro atoms. The molecule has 3 rings (SSSR count). The van der Waals surface area contributed by atoms with Gasteiger partial charge in [0.15, 0.2) is 0 Å². The molecule has 1 N–H and O–H groups in total. The van der Waals surface area contributed by atoms with Gasteiger partial charge in [-0.25, -0.2) is 0 Å². The molecule has 0 aromatic heterocycles. The van der Waals surface area contributed by atoms with Crippen LogP contribution in [0.25, 0.3) is 5.57 Å². The van der Waals surface area contributed by atoms with Crippen LogP contribution < -0.4 is 5.32 Å². The van der Waals surface area contributed by atoms with E-state index in [2.05, 4.69) is 5.32 Å².